The molecule has 2 atom stereocenters. The summed E-state index contributed by atoms with van der Waals surface area (Å²) in [6, 6.07) is 6.35. The summed E-state index contributed by atoms with van der Waals surface area (Å²) in [4.78, 5) is 24.7. The number of benzene rings is 1. The fourth-order valence-corrected chi connectivity index (χ4v) is 2.34. The van der Waals surface area contributed by atoms with E-state index >= 15 is 0 Å². The van der Waals surface area contributed by atoms with Gasteiger partial charge in [0, 0.05) is 19.3 Å². The van der Waals surface area contributed by atoms with E-state index in [-0.39, 0.29) is 17.4 Å². The minimum Gasteiger partial charge on any atom is -0.478 e. The Kier molecular flexibility index (Phi) is 3.85. The van der Waals surface area contributed by atoms with Gasteiger partial charge in [0.25, 0.3) is 0 Å². The first kappa shape index (κ1) is 13.5. The molecule has 2 rings (SSSR count). The lowest BCUT2D eigenvalue weighted by Crippen LogP contribution is -2.36. The highest BCUT2D eigenvalue weighted by atomic mass is 16.4. The lowest BCUT2D eigenvalue weighted by atomic mass is 9.96. The molecule has 5 heteroatoms. The second kappa shape index (κ2) is 5.40. The van der Waals surface area contributed by atoms with Crippen LogP contribution in [-0.2, 0) is 4.79 Å². The number of carbonyl (C=O) groups excluding carboxylic acids is 1. The lowest BCUT2D eigenvalue weighted by molar-refractivity contribution is -0.122. The molecule has 1 amide bonds. The van der Waals surface area contributed by atoms with Gasteiger partial charge in [-0.15, -0.1) is 0 Å². The molecule has 102 valence electrons. The molecule has 0 radical (unpaired) electrons. The fourth-order valence-electron chi connectivity index (χ4n) is 2.34. The number of rotatable bonds is 3. The van der Waals surface area contributed by atoms with Crippen LogP contribution in [0.5, 0.6) is 0 Å². The van der Waals surface area contributed by atoms with E-state index in [1.165, 1.54) is 12.1 Å². The first-order valence-corrected chi connectivity index (χ1v) is 6.32. The number of aromatic carboxylic acids is 1. The Morgan fingerprint density at radius 1 is 1.26 bits per heavy atom. The van der Waals surface area contributed by atoms with Crippen molar-refractivity contribution in [1.29, 1.82) is 0 Å². The number of hydrogen-bond donors (Lipinski definition) is 2. The lowest BCUT2D eigenvalue weighted by Gasteiger charge is -2.23. The van der Waals surface area contributed by atoms with Crippen molar-refractivity contribution < 1.29 is 14.7 Å². The maximum atomic E-state index is 12.3. The molecule has 1 aliphatic heterocycles. The fraction of sp³-hybridized carbons (Fsp3) is 0.429. The van der Waals surface area contributed by atoms with Gasteiger partial charge < -0.3 is 15.3 Å². The number of carboxylic acids is 1. The Hall–Kier alpha value is -1.88. The first-order valence-electron chi connectivity index (χ1n) is 6.32. The average molecular weight is 262 g/mol. The predicted molar refractivity (Wildman–Crippen MR) is 72.3 cm³/mol. The van der Waals surface area contributed by atoms with E-state index in [9.17, 15) is 9.59 Å². The van der Waals surface area contributed by atoms with Crippen LogP contribution < -0.4 is 10.2 Å². The number of carboxylic acid groups (broad SMARTS) is 1. The Bertz CT molecular complexity index is 484. The van der Waals surface area contributed by atoms with E-state index < -0.39 is 5.97 Å². The molecule has 5 nitrogen and oxygen atoms in total. The largest absolute Gasteiger partial charge is 0.478 e. The van der Waals surface area contributed by atoms with Gasteiger partial charge >= 0.3 is 5.97 Å². The van der Waals surface area contributed by atoms with E-state index in [0.717, 1.165) is 6.54 Å². The number of amides is 1. The average Bonchev–Trinajstić information content (AvgIpc) is 2.83. The monoisotopic (exact) mass is 262 g/mol. The summed E-state index contributed by atoms with van der Waals surface area (Å²) < 4.78 is 0. The van der Waals surface area contributed by atoms with Crippen molar-refractivity contribution in [2.45, 2.75) is 6.92 Å². The van der Waals surface area contributed by atoms with E-state index in [1.54, 1.807) is 24.1 Å². The molecule has 1 aromatic carbocycles. The Morgan fingerprint density at radius 3 is 2.37 bits per heavy atom. The Balaban J connectivity index is 2.12. The minimum absolute atomic E-state index is 0.0100. The highest BCUT2D eigenvalue weighted by molar-refractivity contribution is 5.95. The van der Waals surface area contributed by atoms with Gasteiger partial charge in [-0.1, -0.05) is 6.92 Å². The molecule has 0 spiro atoms. The van der Waals surface area contributed by atoms with Gasteiger partial charge in [-0.05, 0) is 36.7 Å². The van der Waals surface area contributed by atoms with Crippen LogP contribution in [0.3, 0.4) is 0 Å². The van der Waals surface area contributed by atoms with Crippen LogP contribution >= 0.6 is 0 Å². The maximum absolute atomic E-state index is 12.3. The number of anilines is 1. The summed E-state index contributed by atoms with van der Waals surface area (Å²) in [7, 11) is 1.73. The zero-order valence-corrected chi connectivity index (χ0v) is 11.1. The quantitative estimate of drug-likeness (QED) is 0.859. The maximum Gasteiger partial charge on any atom is 0.335 e. The van der Waals surface area contributed by atoms with Crippen LogP contribution in [0.1, 0.15) is 17.3 Å². The zero-order chi connectivity index (χ0) is 14.0. The van der Waals surface area contributed by atoms with Crippen LogP contribution in [-0.4, -0.2) is 37.1 Å². The number of hydrogen-bond acceptors (Lipinski definition) is 3. The summed E-state index contributed by atoms with van der Waals surface area (Å²) in [6.45, 7) is 3.63. The van der Waals surface area contributed by atoms with E-state index in [1.807, 2.05) is 0 Å². The van der Waals surface area contributed by atoms with Gasteiger partial charge in [0.2, 0.25) is 5.91 Å². The molecule has 1 fully saturated rings. The highest BCUT2D eigenvalue weighted by Gasteiger charge is 2.31. The Labute approximate surface area is 112 Å². The zero-order valence-electron chi connectivity index (χ0n) is 11.1. The third kappa shape index (κ3) is 2.76. The van der Waals surface area contributed by atoms with Gasteiger partial charge in [0.1, 0.15) is 0 Å². The van der Waals surface area contributed by atoms with E-state index in [4.69, 9.17) is 5.11 Å². The van der Waals surface area contributed by atoms with E-state index in [2.05, 4.69) is 12.2 Å². The first-order chi connectivity index (χ1) is 9.00. The molecule has 2 N–H and O–H groups in total. The topological polar surface area (TPSA) is 69.6 Å². The summed E-state index contributed by atoms with van der Waals surface area (Å²) in [5, 5.41) is 12.1. The van der Waals surface area contributed by atoms with Gasteiger partial charge in [-0.3, -0.25) is 4.79 Å². The summed E-state index contributed by atoms with van der Waals surface area (Å²) in [5.74, 6) is -0.577. The van der Waals surface area contributed by atoms with Crippen molar-refractivity contribution in [2.75, 3.05) is 25.0 Å². The third-order valence-corrected chi connectivity index (χ3v) is 3.67. The van der Waals surface area contributed by atoms with Crippen LogP contribution in [0.25, 0.3) is 0 Å². The molecule has 2 unspecified atom stereocenters. The van der Waals surface area contributed by atoms with E-state index in [0.29, 0.717) is 18.2 Å². The predicted octanol–water partition coefficient (Wildman–Crippen LogP) is 1.20. The van der Waals surface area contributed by atoms with Crippen molar-refractivity contribution in [3.05, 3.63) is 29.8 Å². The van der Waals surface area contributed by atoms with Gasteiger partial charge in [0.05, 0.1) is 11.5 Å². The smallest absolute Gasteiger partial charge is 0.335 e. The van der Waals surface area contributed by atoms with Gasteiger partial charge in [0.15, 0.2) is 0 Å². The molecule has 1 heterocycles. The van der Waals surface area contributed by atoms with Crippen molar-refractivity contribution >= 4 is 17.6 Å². The number of nitrogens with one attached hydrogen (secondary N) is 1. The molecule has 0 bridgehead atoms. The summed E-state index contributed by atoms with van der Waals surface area (Å²) in [5.41, 5.74) is 0.939. The highest BCUT2D eigenvalue weighted by Crippen LogP contribution is 2.22. The normalized spacial score (nSPS) is 22.2. The molecule has 0 aliphatic carbocycles. The molecule has 1 aliphatic rings. The van der Waals surface area contributed by atoms with Crippen LogP contribution in [0.4, 0.5) is 5.69 Å². The molecule has 19 heavy (non-hydrogen) atoms. The van der Waals surface area contributed by atoms with Crippen molar-refractivity contribution in [3.8, 4) is 0 Å². The molecule has 0 aromatic heterocycles. The number of carbonyl (C=O) groups is 2. The van der Waals surface area contributed by atoms with Crippen LogP contribution in [0, 0.1) is 11.8 Å². The van der Waals surface area contributed by atoms with Gasteiger partial charge in [-0.25, -0.2) is 4.79 Å². The molecule has 1 saturated heterocycles. The second-order valence-corrected chi connectivity index (χ2v) is 4.99. The van der Waals surface area contributed by atoms with Gasteiger partial charge in [-0.2, -0.15) is 0 Å². The molecule has 0 saturated carbocycles. The van der Waals surface area contributed by atoms with Crippen molar-refractivity contribution in [2.24, 2.45) is 11.8 Å². The summed E-state index contributed by atoms with van der Waals surface area (Å²) in [6.07, 6.45) is 0. The number of nitrogens with zero attached hydrogens (tertiary/aromatic N) is 1. The molecular weight excluding hydrogens is 244 g/mol. The Morgan fingerprint density at radius 2 is 1.89 bits per heavy atom. The third-order valence-electron chi connectivity index (χ3n) is 3.67. The second-order valence-electron chi connectivity index (χ2n) is 4.99. The molecular formula is C14H18N2O3. The van der Waals surface area contributed by atoms with Crippen LogP contribution in [0.2, 0.25) is 0 Å². The standard InChI is InChI=1S/C14H18N2O3/c1-9-7-15-8-12(9)13(17)16(2)11-5-3-10(4-6-11)14(18)19/h3-6,9,12,15H,7-8H2,1-2H3,(H,18,19). The molecule has 1 aromatic rings. The minimum atomic E-state index is -0.964. The van der Waals surface area contributed by atoms with Crippen molar-refractivity contribution in [3.63, 3.8) is 0 Å². The van der Waals surface area contributed by atoms with Crippen molar-refractivity contribution in [1.82, 2.24) is 5.32 Å². The van der Waals surface area contributed by atoms with Crippen LogP contribution in [0.15, 0.2) is 24.3 Å². The summed E-state index contributed by atoms with van der Waals surface area (Å²) >= 11 is 0. The SMILES string of the molecule is CC1CNCC1C(=O)N(C)c1ccc(C(=O)O)cc1.